The third kappa shape index (κ3) is 2.91. The zero-order valence-electron chi connectivity index (χ0n) is 9.38. The summed E-state index contributed by atoms with van der Waals surface area (Å²) in [5.41, 5.74) is 1.52. The molecule has 0 spiro atoms. The Kier molecular flexibility index (Phi) is 4.06. The van der Waals surface area contributed by atoms with Gasteiger partial charge in [-0.3, -0.25) is 9.59 Å². The minimum Gasteiger partial charge on any atom is -0.481 e. The Balaban J connectivity index is 2.62. The van der Waals surface area contributed by atoms with Gasteiger partial charge < -0.3 is 5.11 Å². The molecule has 0 radical (unpaired) electrons. The first-order chi connectivity index (χ1) is 7.06. The number of allylic oxidation sites excluding steroid dienone is 1. The van der Waals surface area contributed by atoms with Crippen LogP contribution in [0.2, 0.25) is 0 Å². The number of carboxylic acids is 1. The van der Waals surface area contributed by atoms with E-state index < -0.39 is 5.97 Å². The van der Waals surface area contributed by atoms with E-state index in [1.165, 1.54) is 0 Å². The van der Waals surface area contributed by atoms with Crippen molar-refractivity contribution >= 4 is 11.8 Å². The lowest BCUT2D eigenvalue weighted by Crippen LogP contribution is -2.12. The number of hydrogen-bond donors (Lipinski definition) is 1. The van der Waals surface area contributed by atoms with Crippen molar-refractivity contribution in [1.82, 2.24) is 0 Å². The van der Waals surface area contributed by atoms with E-state index in [0.29, 0.717) is 5.57 Å². The van der Waals surface area contributed by atoms with E-state index in [4.69, 9.17) is 5.11 Å². The van der Waals surface area contributed by atoms with Gasteiger partial charge in [-0.2, -0.15) is 0 Å². The Morgan fingerprint density at radius 1 is 1.53 bits per heavy atom. The molecule has 15 heavy (non-hydrogen) atoms. The van der Waals surface area contributed by atoms with Crippen molar-refractivity contribution in [1.29, 1.82) is 0 Å². The molecular formula is C12H18O3. The van der Waals surface area contributed by atoms with Crippen LogP contribution in [0.15, 0.2) is 11.1 Å². The third-order valence-corrected chi connectivity index (χ3v) is 2.97. The van der Waals surface area contributed by atoms with Crippen molar-refractivity contribution in [2.24, 2.45) is 5.92 Å². The second kappa shape index (κ2) is 5.10. The summed E-state index contributed by atoms with van der Waals surface area (Å²) in [6, 6.07) is 0. The second-order valence-corrected chi connectivity index (χ2v) is 4.24. The molecule has 1 rings (SSSR count). The minimum atomic E-state index is -0.908. The van der Waals surface area contributed by atoms with Gasteiger partial charge in [-0.15, -0.1) is 0 Å². The molecule has 3 heteroatoms. The fourth-order valence-electron chi connectivity index (χ4n) is 2.12. The fourth-order valence-corrected chi connectivity index (χ4v) is 2.12. The summed E-state index contributed by atoms with van der Waals surface area (Å²) in [5.74, 6) is -0.781. The molecule has 0 amide bonds. The van der Waals surface area contributed by atoms with Crippen LogP contribution in [-0.2, 0) is 9.59 Å². The second-order valence-electron chi connectivity index (χ2n) is 4.24. The smallest absolute Gasteiger partial charge is 0.307 e. The summed E-state index contributed by atoms with van der Waals surface area (Å²) in [6.45, 7) is 3.97. The molecule has 1 unspecified atom stereocenters. The standard InChI is InChI=1S/C12H18O3/c1-3-4-5-9-6-8(2)10(12(9)15)7-11(13)14/h9H,3-7H2,1-2H3,(H,13,14). The quantitative estimate of drug-likeness (QED) is 0.758. The number of carbonyl (C=O) groups is 2. The molecule has 1 atom stereocenters. The van der Waals surface area contributed by atoms with E-state index in [2.05, 4.69) is 6.92 Å². The molecule has 0 saturated heterocycles. The van der Waals surface area contributed by atoms with Crippen LogP contribution in [0.5, 0.6) is 0 Å². The number of Topliss-reactive ketones (excluding diaryl/α,β-unsaturated/α-hetero) is 1. The van der Waals surface area contributed by atoms with Gasteiger partial charge in [-0.25, -0.2) is 0 Å². The number of carboxylic acid groups (broad SMARTS) is 1. The summed E-state index contributed by atoms with van der Waals surface area (Å²) < 4.78 is 0. The average Bonchev–Trinajstić information content (AvgIpc) is 2.42. The predicted molar refractivity (Wildman–Crippen MR) is 57.6 cm³/mol. The first-order valence-corrected chi connectivity index (χ1v) is 5.50. The van der Waals surface area contributed by atoms with Gasteiger partial charge in [0.15, 0.2) is 5.78 Å². The third-order valence-electron chi connectivity index (χ3n) is 2.97. The van der Waals surface area contributed by atoms with Crippen LogP contribution in [-0.4, -0.2) is 16.9 Å². The van der Waals surface area contributed by atoms with Crippen LogP contribution in [0.3, 0.4) is 0 Å². The topological polar surface area (TPSA) is 54.4 Å². The molecule has 1 aliphatic rings. The summed E-state index contributed by atoms with van der Waals surface area (Å²) in [6.07, 6.45) is 3.69. The Morgan fingerprint density at radius 3 is 2.73 bits per heavy atom. The van der Waals surface area contributed by atoms with Gasteiger partial charge in [0.2, 0.25) is 0 Å². The average molecular weight is 210 g/mol. The van der Waals surface area contributed by atoms with Crippen LogP contribution < -0.4 is 0 Å². The Hall–Kier alpha value is -1.12. The highest BCUT2D eigenvalue weighted by Gasteiger charge is 2.31. The molecule has 0 aromatic carbocycles. The van der Waals surface area contributed by atoms with Crippen LogP contribution in [0.25, 0.3) is 0 Å². The summed E-state index contributed by atoms with van der Waals surface area (Å²) in [7, 11) is 0. The van der Waals surface area contributed by atoms with Crippen LogP contribution in [0.4, 0.5) is 0 Å². The zero-order valence-corrected chi connectivity index (χ0v) is 9.38. The lowest BCUT2D eigenvalue weighted by molar-refractivity contribution is -0.137. The number of aliphatic carboxylic acids is 1. The fraction of sp³-hybridized carbons (Fsp3) is 0.667. The number of rotatable bonds is 5. The van der Waals surface area contributed by atoms with Gasteiger partial charge in [0.1, 0.15) is 0 Å². The largest absolute Gasteiger partial charge is 0.481 e. The Bertz CT molecular complexity index is 302. The van der Waals surface area contributed by atoms with E-state index in [1.54, 1.807) is 0 Å². The Labute approximate surface area is 90.2 Å². The molecule has 1 aliphatic carbocycles. The Morgan fingerprint density at radius 2 is 2.20 bits per heavy atom. The van der Waals surface area contributed by atoms with Gasteiger partial charge in [-0.1, -0.05) is 25.3 Å². The number of unbranched alkanes of at least 4 members (excludes halogenated alkanes) is 1. The van der Waals surface area contributed by atoms with Crippen molar-refractivity contribution in [2.75, 3.05) is 0 Å². The summed E-state index contributed by atoms with van der Waals surface area (Å²) in [4.78, 5) is 22.4. The van der Waals surface area contributed by atoms with Crippen LogP contribution in [0, 0.1) is 5.92 Å². The van der Waals surface area contributed by atoms with Crippen molar-refractivity contribution in [3.05, 3.63) is 11.1 Å². The number of carbonyl (C=O) groups excluding carboxylic acids is 1. The maximum absolute atomic E-state index is 11.8. The first kappa shape index (κ1) is 12.0. The lowest BCUT2D eigenvalue weighted by Gasteiger charge is -2.07. The van der Waals surface area contributed by atoms with E-state index >= 15 is 0 Å². The monoisotopic (exact) mass is 210 g/mol. The molecule has 0 saturated carbocycles. The molecule has 84 valence electrons. The molecule has 0 heterocycles. The van der Waals surface area contributed by atoms with Gasteiger partial charge >= 0.3 is 5.97 Å². The van der Waals surface area contributed by atoms with E-state index in [1.807, 2.05) is 6.92 Å². The molecule has 0 fully saturated rings. The van der Waals surface area contributed by atoms with Crippen molar-refractivity contribution in [3.8, 4) is 0 Å². The molecule has 0 aliphatic heterocycles. The highest BCUT2D eigenvalue weighted by atomic mass is 16.4. The molecule has 3 nitrogen and oxygen atoms in total. The van der Waals surface area contributed by atoms with Crippen LogP contribution >= 0.6 is 0 Å². The minimum absolute atomic E-state index is 0.0549. The summed E-state index contributed by atoms with van der Waals surface area (Å²) >= 11 is 0. The summed E-state index contributed by atoms with van der Waals surface area (Å²) in [5, 5.41) is 8.69. The van der Waals surface area contributed by atoms with Crippen molar-refractivity contribution in [3.63, 3.8) is 0 Å². The van der Waals surface area contributed by atoms with Gasteiger partial charge in [0.25, 0.3) is 0 Å². The highest BCUT2D eigenvalue weighted by molar-refractivity contribution is 6.03. The van der Waals surface area contributed by atoms with Crippen molar-refractivity contribution in [2.45, 2.75) is 46.0 Å². The number of hydrogen-bond acceptors (Lipinski definition) is 2. The van der Waals surface area contributed by atoms with Gasteiger partial charge in [-0.05, 0) is 19.8 Å². The van der Waals surface area contributed by atoms with E-state index in [-0.39, 0.29) is 18.1 Å². The van der Waals surface area contributed by atoms with Gasteiger partial charge in [0.05, 0.1) is 6.42 Å². The molecule has 0 aromatic rings. The normalized spacial score (nSPS) is 21.2. The van der Waals surface area contributed by atoms with Crippen molar-refractivity contribution < 1.29 is 14.7 Å². The lowest BCUT2D eigenvalue weighted by atomic mass is 9.96. The molecular weight excluding hydrogens is 192 g/mol. The zero-order chi connectivity index (χ0) is 11.4. The number of ketones is 1. The maximum Gasteiger partial charge on any atom is 0.307 e. The molecule has 0 bridgehead atoms. The predicted octanol–water partition coefficient (Wildman–Crippen LogP) is 2.56. The molecule has 1 N–H and O–H groups in total. The van der Waals surface area contributed by atoms with Crippen LogP contribution in [0.1, 0.15) is 46.0 Å². The van der Waals surface area contributed by atoms with Gasteiger partial charge in [0, 0.05) is 11.5 Å². The first-order valence-electron chi connectivity index (χ1n) is 5.50. The maximum atomic E-state index is 11.8. The van der Waals surface area contributed by atoms with E-state index in [9.17, 15) is 9.59 Å². The molecule has 0 aromatic heterocycles. The highest BCUT2D eigenvalue weighted by Crippen LogP contribution is 2.32. The SMILES string of the molecule is CCCCC1CC(C)=C(CC(=O)O)C1=O. The van der Waals surface area contributed by atoms with E-state index in [0.717, 1.165) is 31.3 Å².